The van der Waals surface area contributed by atoms with E-state index in [4.69, 9.17) is 5.11 Å². The van der Waals surface area contributed by atoms with E-state index in [2.05, 4.69) is 20.3 Å². The highest BCUT2D eigenvalue weighted by Gasteiger charge is 2.39. The second kappa shape index (κ2) is 5.80. The predicted molar refractivity (Wildman–Crippen MR) is 78.7 cm³/mol. The number of carboxylic acid groups (broad SMARTS) is 1. The van der Waals surface area contributed by atoms with Crippen LogP contribution in [0.3, 0.4) is 0 Å². The molecule has 1 amide bonds. The van der Waals surface area contributed by atoms with Crippen molar-refractivity contribution in [2.45, 2.75) is 31.2 Å². The monoisotopic (exact) mass is 318 g/mol. The molecule has 22 heavy (non-hydrogen) atoms. The number of carbonyl (C=O) groups is 2. The molecule has 8 heteroatoms. The second-order valence-corrected chi connectivity index (χ2v) is 6.07. The lowest BCUT2D eigenvalue weighted by atomic mass is 9.98. The summed E-state index contributed by atoms with van der Waals surface area (Å²) in [7, 11) is 0. The van der Waals surface area contributed by atoms with Gasteiger partial charge in [-0.2, -0.15) is 0 Å². The van der Waals surface area contributed by atoms with Crippen LogP contribution in [0.15, 0.2) is 24.0 Å². The van der Waals surface area contributed by atoms with Gasteiger partial charge in [0.25, 0.3) is 5.91 Å². The van der Waals surface area contributed by atoms with Gasteiger partial charge in [-0.05, 0) is 12.8 Å². The minimum atomic E-state index is -1.17. The number of amides is 1. The SMILES string of the molecule is O=C(O)c1cnc(C(=O)NC2(c3nccs3)CCCC2)cn1. The highest BCUT2D eigenvalue weighted by Crippen LogP contribution is 2.39. The lowest BCUT2D eigenvalue weighted by Crippen LogP contribution is -2.44. The minimum absolute atomic E-state index is 0.104. The summed E-state index contributed by atoms with van der Waals surface area (Å²) in [5, 5.41) is 14.6. The van der Waals surface area contributed by atoms with Gasteiger partial charge in [-0.3, -0.25) is 4.79 Å². The Morgan fingerprint density at radius 3 is 2.36 bits per heavy atom. The van der Waals surface area contributed by atoms with Gasteiger partial charge in [-0.1, -0.05) is 12.8 Å². The number of aromatic nitrogens is 3. The third-order valence-electron chi connectivity index (χ3n) is 3.76. The Balaban J connectivity index is 1.81. The molecule has 1 saturated carbocycles. The average Bonchev–Trinajstić information content (AvgIpc) is 3.19. The van der Waals surface area contributed by atoms with E-state index in [9.17, 15) is 9.59 Å². The molecular formula is C14H14N4O3S. The van der Waals surface area contributed by atoms with Crippen LogP contribution >= 0.6 is 11.3 Å². The molecular weight excluding hydrogens is 304 g/mol. The molecule has 7 nitrogen and oxygen atoms in total. The highest BCUT2D eigenvalue weighted by atomic mass is 32.1. The molecule has 0 spiro atoms. The Morgan fingerprint density at radius 2 is 1.82 bits per heavy atom. The molecule has 2 heterocycles. The van der Waals surface area contributed by atoms with Crippen LogP contribution in [-0.2, 0) is 5.54 Å². The van der Waals surface area contributed by atoms with Crippen molar-refractivity contribution in [2.75, 3.05) is 0 Å². The van der Waals surface area contributed by atoms with Gasteiger partial charge in [-0.25, -0.2) is 19.7 Å². The summed E-state index contributed by atoms with van der Waals surface area (Å²) in [6.45, 7) is 0. The summed E-state index contributed by atoms with van der Waals surface area (Å²) in [5.41, 5.74) is -0.529. The average molecular weight is 318 g/mol. The van der Waals surface area contributed by atoms with Gasteiger partial charge in [0.05, 0.1) is 17.9 Å². The van der Waals surface area contributed by atoms with E-state index in [1.807, 2.05) is 5.38 Å². The first-order valence-corrected chi connectivity index (χ1v) is 7.76. The molecule has 1 aliphatic rings. The zero-order valence-electron chi connectivity index (χ0n) is 11.7. The standard InChI is InChI=1S/C14H14N4O3S/c19-11(9-7-17-10(8-16-9)12(20)21)18-14(3-1-2-4-14)13-15-5-6-22-13/h5-8H,1-4H2,(H,18,19)(H,20,21). The Bertz CT molecular complexity index is 679. The first kappa shape index (κ1) is 14.6. The summed E-state index contributed by atoms with van der Waals surface area (Å²) >= 11 is 1.52. The number of thiazole rings is 1. The number of nitrogens with one attached hydrogen (secondary N) is 1. The molecule has 0 aromatic carbocycles. The summed E-state index contributed by atoms with van der Waals surface area (Å²) in [6, 6.07) is 0. The van der Waals surface area contributed by atoms with Crippen molar-refractivity contribution in [2.24, 2.45) is 0 Å². The van der Waals surface area contributed by atoms with Crippen molar-refractivity contribution < 1.29 is 14.7 Å². The topological polar surface area (TPSA) is 105 Å². The molecule has 114 valence electrons. The van der Waals surface area contributed by atoms with Gasteiger partial charge in [0.1, 0.15) is 10.7 Å². The van der Waals surface area contributed by atoms with Crippen LogP contribution in [0.5, 0.6) is 0 Å². The highest BCUT2D eigenvalue weighted by molar-refractivity contribution is 7.09. The van der Waals surface area contributed by atoms with Crippen LogP contribution in [0.25, 0.3) is 0 Å². The Morgan fingerprint density at radius 1 is 1.14 bits per heavy atom. The molecule has 2 N–H and O–H groups in total. The van der Waals surface area contributed by atoms with Crippen molar-refractivity contribution in [3.05, 3.63) is 40.4 Å². The molecule has 0 saturated heterocycles. The maximum absolute atomic E-state index is 12.4. The molecule has 0 radical (unpaired) electrons. The summed E-state index contributed by atoms with van der Waals surface area (Å²) in [6.07, 6.45) is 7.74. The summed E-state index contributed by atoms with van der Waals surface area (Å²) in [4.78, 5) is 35.1. The molecule has 0 bridgehead atoms. The van der Waals surface area contributed by atoms with E-state index in [1.165, 1.54) is 17.5 Å². The van der Waals surface area contributed by atoms with E-state index in [1.54, 1.807) is 6.20 Å². The molecule has 0 aliphatic heterocycles. The Hall–Kier alpha value is -2.35. The first-order chi connectivity index (χ1) is 10.6. The van der Waals surface area contributed by atoms with E-state index in [0.717, 1.165) is 36.9 Å². The predicted octanol–water partition coefficient (Wildman–Crippen LogP) is 1.83. The van der Waals surface area contributed by atoms with Crippen LogP contribution in [0.4, 0.5) is 0 Å². The fraction of sp³-hybridized carbons (Fsp3) is 0.357. The number of carboxylic acids is 1. The van der Waals surface area contributed by atoms with Crippen LogP contribution in [0.2, 0.25) is 0 Å². The van der Waals surface area contributed by atoms with Crippen LogP contribution < -0.4 is 5.32 Å². The maximum Gasteiger partial charge on any atom is 0.356 e. The number of hydrogen-bond acceptors (Lipinski definition) is 6. The fourth-order valence-corrected chi connectivity index (χ4v) is 3.52. The van der Waals surface area contributed by atoms with Crippen LogP contribution in [0.1, 0.15) is 51.7 Å². The molecule has 2 aromatic heterocycles. The summed E-state index contributed by atoms with van der Waals surface area (Å²) < 4.78 is 0. The maximum atomic E-state index is 12.4. The van der Waals surface area contributed by atoms with E-state index < -0.39 is 11.5 Å². The summed E-state index contributed by atoms with van der Waals surface area (Å²) in [5.74, 6) is -1.53. The quantitative estimate of drug-likeness (QED) is 0.891. The largest absolute Gasteiger partial charge is 0.476 e. The first-order valence-electron chi connectivity index (χ1n) is 6.88. The molecule has 0 atom stereocenters. The molecule has 0 unspecified atom stereocenters. The van der Waals surface area contributed by atoms with E-state index >= 15 is 0 Å². The van der Waals surface area contributed by atoms with Crippen molar-refractivity contribution in [3.63, 3.8) is 0 Å². The lowest BCUT2D eigenvalue weighted by Gasteiger charge is -2.27. The minimum Gasteiger partial charge on any atom is -0.476 e. The van der Waals surface area contributed by atoms with Gasteiger partial charge >= 0.3 is 5.97 Å². The van der Waals surface area contributed by atoms with Gasteiger partial charge in [-0.15, -0.1) is 11.3 Å². The van der Waals surface area contributed by atoms with Crippen molar-refractivity contribution in [1.82, 2.24) is 20.3 Å². The van der Waals surface area contributed by atoms with Crippen LogP contribution in [0, 0.1) is 0 Å². The molecule has 3 rings (SSSR count). The molecule has 1 fully saturated rings. The lowest BCUT2D eigenvalue weighted by molar-refractivity contribution is 0.0688. The zero-order valence-corrected chi connectivity index (χ0v) is 12.5. The van der Waals surface area contributed by atoms with E-state index in [0.29, 0.717) is 0 Å². The zero-order chi connectivity index (χ0) is 15.6. The molecule has 2 aromatic rings. The second-order valence-electron chi connectivity index (χ2n) is 5.17. The third kappa shape index (κ3) is 2.69. The van der Waals surface area contributed by atoms with Crippen molar-refractivity contribution in [1.29, 1.82) is 0 Å². The van der Waals surface area contributed by atoms with E-state index in [-0.39, 0.29) is 17.3 Å². The number of carbonyl (C=O) groups excluding carboxylic acids is 1. The normalized spacial score (nSPS) is 16.4. The number of rotatable bonds is 4. The number of hydrogen-bond donors (Lipinski definition) is 2. The van der Waals surface area contributed by atoms with Crippen LogP contribution in [-0.4, -0.2) is 31.9 Å². The Labute approximate surface area is 130 Å². The number of nitrogens with zero attached hydrogens (tertiary/aromatic N) is 3. The van der Waals surface area contributed by atoms with Gasteiger partial charge in [0, 0.05) is 11.6 Å². The number of aromatic carboxylic acids is 1. The Kier molecular flexibility index (Phi) is 3.84. The third-order valence-corrected chi connectivity index (χ3v) is 4.73. The van der Waals surface area contributed by atoms with Crippen molar-refractivity contribution in [3.8, 4) is 0 Å². The fourth-order valence-electron chi connectivity index (χ4n) is 2.67. The van der Waals surface area contributed by atoms with Gasteiger partial charge < -0.3 is 10.4 Å². The van der Waals surface area contributed by atoms with Crippen molar-refractivity contribution >= 4 is 23.2 Å². The smallest absolute Gasteiger partial charge is 0.356 e. The molecule has 1 aliphatic carbocycles. The van der Waals surface area contributed by atoms with Gasteiger partial charge in [0.2, 0.25) is 0 Å². The van der Waals surface area contributed by atoms with Gasteiger partial charge in [0.15, 0.2) is 5.69 Å².